The molecule has 1 saturated carbocycles. The van der Waals surface area contributed by atoms with Gasteiger partial charge < -0.3 is 47.0 Å². The van der Waals surface area contributed by atoms with Gasteiger partial charge in [0.05, 0.1) is 6.04 Å². The molecule has 2 aliphatic rings. The van der Waals surface area contributed by atoms with E-state index in [0.717, 1.165) is 6.92 Å². The summed E-state index contributed by atoms with van der Waals surface area (Å²) in [4.78, 5) is 22.5. The molecule has 1 heterocycles. The summed E-state index contributed by atoms with van der Waals surface area (Å²) < 4.78 is 36.0. The average molecular weight is 408 g/mol. The van der Waals surface area contributed by atoms with E-state index in [1.165, 1.54) is 6.92 Å². The van der Waals surface area contributed by atoms with E-state index in [0.29, 0.717) is 0 Å². The van der Waals surface area contributed by atoms with Gasteiger partial charge in [-0.05, 0) is 6.42 Å². The zero-order chi connectivity index (χ0) is 21.2. The highest BCUT2D eigenvalue weighted by Gasteiger charge is 2.51. The van der Waals surface area contributed by atoms with Crippen molar-refractivity contribution >= 4 is 11.9 Å². The van der Waals surface area contributed by atoms with Gasteiger partial charge >= 0.3 is 11.9 Å². The molecule has 162 valence electrons. The molecule has 10 atom stereocenters. The number of hydrogen-bond acceptors (Lipinski definition) is 11. The Morgan fingerprint density at radius 3 is 2.14 bits per heavy atom. The first-order chi connectivity index (χ1) is 13.1. The Bertz CT molecular complexity index is 569. The molecule has 12 heteroatoms. The molecule has 0 aromatic carbocycles. The van der Waals surface area contributed by atoms with Gasteiger partial charge in [-0.1, -0.05) is 0 Å². The number of carbonyl (C=O) groups excluding carboxylic acids is 2. The Morgan fingerprint density at radius 2 is 1.61 bits per heavy atom. The number of halogens is 1. The van der Waals surface area contributed by atoms with Gasteiger partial charge in [0.15, 0.2) is 18.6 Å². The standard InChI is InChI=1S/C16H29FN4O7/c1-5(22)25-13-7(19)3-8(20)14(12(13)24)28-16-11(21)10(17)15(26-6(2)23)9(4-18)27-16/h7-16,24H,3-4,18-21H2,1-2H3/t7-,8+,9-,10-,11-,12-,13+,14-,15+,16-/m1/s1. The Kier molecular flexibility index (Phi) is 7.67. The molecule has 0 aromatic rings. The summed E-state index contributed by atoms with van der Waals surface area (Å²) in [7, 11) is 0. The van der Waals surface area contributed by atoms with Crippen LogP contribution in [-0.4, -0.2) is 84.7 Å². The van der Waals surface area contributed by atoms with Crippen LogP contribution in [-0.2, 0) is 28.5 Å². The van der Waals surface area contributed by atoms with Gasteiger partial charge in [-0.25, -0.2) is 4.39 Å². The van der Waals surface area contributed by atoms with Crippen LogP contribution in [0.1, 0.15) is 20.3 Å². The number of aliphatic hydroxyl groups is 1. The summed E-state index contributed by atoms with van der Waals surface area (Å²) in [6, 6.07) is -2.78. The van der Waals surface area contributed by atoms with Crippen molar-refractivity contribution in [3.05, 3.63) is 0 Å². The highest BCUT2D eigenvalue weighted by atomic mass is 19.1. The van der Waals surface area contributed by atoms with Crippen molar-refractivity contribution in [3.8, 4) is 0 Å². The summed E-state index contributed by atoms with van der Waals surface area (Å²) in [5.41, 5.74) is 23.4. The Morgan fingerprint density at radius 1 is 1.07 bits per heavy atom. The monoisotopic (exact) mass is 408 g/mol. The Hall–Kier alpha value is -1.41. The van der Waals surface area contributed by atoms with E-state index < -0.39 is 73.0 Å². The third-order valence-corrected chi connectivity index (χ3v) is 4.86. The fraction of sp³-hybridized carbons (Fsp3) is 0.875. The minimum absolute atomic E-state index is 0.162. The lowest BCUT2D eigenvalue weighted by Crippen LogP contribution is -2.67. The number of carbonyl (C=O) groups is 2. The fourth-order valence-electron chi connectivity index (χ4n) is 3.52. The zero-order valence-electron chi connectivity index (χ0n) is 15.8. The molecule has 1 saturated heterocycles. The highest BCUT2D eigenvalue weighted by molar-refractivity contribution is 5.66. The van der Waals surface area contributed by atoms with Gasteiger partial charge in [-0.15, -0.1) is 0 Å². The van der Waals surface area contributed by atoms with E-state index in [4.69, 9.17) is 41.9 Å². The zero-order valence-corrected chi connectivity index (χ0v) is 15.8. The molecule has 28 heavy (non-hydrogen) atoms. The number of alkyl halides is 1. The maximum Gasteiger partial charge on any atom is 0.303 e. The van der Waals surface area contributed by atoms with Crippen LogP contribution in [0.15, 0.2) is 0 Å². The molecule has 0 aromatic heterocycles. The van der Waals surface area contributed by atoms with Crippen molar-refractivity contribution in [1.29, 1.82) is 0 Å². The lowest BCUT2D eigenvalue weighted by Gasteiger charge is -2.46. The molecule has 0 unspecified atom stereocenters. The van der Waals surface area contributed by atoms with Crippen molar-refractivity contribution in [1.82, 2.24) is 0 Å². The third-order valence-electron chi connectivity index (χ3n) is 4.86. The van der Waals surface area contributed by atoms with E-state index in [9.17, 15) is 19.1 Å². The maximum atomic E-state index is 14.7. The van der Waals surface area contributed by atoms with Crippen LogP contribution in [0.2, 0.25) is 0 Å². The first-order valence-electron chi connectivity index (χ1n) is 9.01. The van der Waals surface area contributed by atoms with Crippen LogP contribution in [0.25, 0.3) is 0 Å². The molecular formula is C16H29FN4O7. The first-order valence-corrected chi connectivity index (χ1v) is 9.01. The van der Waals surface area contributed by atoms with E-state index in [1.54, 1.807) is 0 Å². The predicted molar refractivity (Wildman–Crippen MR) is 93.1 cm³/mol. The number of nitrogens with two attached hydrogens (primary N) is 4. The number of ether oxygens (including phenoxy) is 4. The second-order valence-electron chi connectivity index (χ2n) is 7.10. The first kappa shape index (κ1) is 22.9. The quantitative estimate of drug-likeness (QED) is 0.291. The summed E-state index contributed by atoms with van der Waals surface area (Å²) in [6.07, 6.45) is -8.78. The third kappa shape index (κ3) is 4.95. The van der Waals surface area contributed by atoms with Gasteiger partial charge in [-0.2, -0.15) is 0 Å². The van der Waals surface area contributed by atoms with E-state index >= 15 is 0 Å². The molecule has 9 N–H and O–H groups in total. The lowest BCUT2D eigenvalue weighted by atomic mass is 9.84. The number of hydrogen-bond donors (Lipinski definition) is 5. The van der Waals surface area contributed by atoms with Crippen LogP contribution < -0.4 is 22.9 Å². The number of rotatable bonds is 5. The lowest BCUT2D eigenvalue weighted by molar-refractivity contribution is -0.283. The summed E-state index contributed by atoms with van der Waals surface area (Å²) in [6.45, 7) is 2.15. The van der Waals surface area contributed by atoms with Gasteiger partial charge in [0, 0.05) is 32.5 Å². The number of aliphatic hydroxyl groups excluding tert-OH is 1. The van der Waals surface area contributed by atoms with Gasteiger partial charge in [0.25, 0.3) is 0 Å². The van der Waals surface area contributed by atoms with Crippen LogP contribution in [0.3, 0.4) is 0 Å². The van der Waals surface area contributed by atoms with Crippen molar-refractivity contribution < 1.29 is 38.0 Å². The molecule has 1 aliphatic carbocycles. The minimum Gasteiger partial charge on any atom is -0.458 e. The Labute approximate surface area is 161 Å². The smallest absolute Gasteiger partial charge is 0.303 e. The molecule has 0 spiro atoms. The van der Waals surface area contributed by atoms with Crippen LogP contribution in [0.5, 0.6) is 0 Å². The van der Waals surface area contributed by atoms with Gasteiger partial charge in [0.1, 0.15) is 24.4 Å². The molecule has 11 nitrogen and oxygen atoms in total. The normalized spacial score (nSPS) is 44.0. The van der Waals surface area contributed by atoms with Crippen LogP contribution in [0, 0.1) is 0 Å². The molecule has 0 bridgehead atoms. The van der Waals surface area contributed by atoms with Gasteiger partial charge in [-0.3, -0.25) is 9.59 Å². The topological polar surface area (TPSA) is 195 Å². The molecule has 0 radical (unpaired) electrons. The van der Waals surface area contributed by atoms with Crippen LogP contribution in [0.4, 0.5) is 4.39 Å². The second kappa shape index (κ2) is 9.39. The van der Waals surface area contributed by atoms with Gasteiger partial charge in [0.2, 0.25) is 0 Å². The summed E-state index contributed by atoms with van der Waals surface area (Å²) >= 11 is 0. The fourth-order valence-corrected chi connectivity index (χ4v) is 3.52. The molecule has 2 fully saturated rings. The average Bonchev–Trinajstić information content (AvgIpc) is 2.60. The molecule has 2 rings (SSSR count). The van der Waals surface area contributed by atoms with E-state index in [1.807, 2.05) is 0 Å². The largest absolute Gasteiger partial charge is 0.458 e. The van der Waals surface area contributed by atoms with Crippen molar-refractivity contribution in [2.24, 2.45) is 22.9 Å². The minimum atomic E-state index is -1.82. The maximum absolute atomic E-state index is 14.7. The summed E-state index contributed by atoms with van der Waals surface area (Å²) in [5, 5.41) is 10.5. The number of esters is 2. The predicted octanol–water partition coefficient (Wildman–Crippen LogP) is -3.00. The second-order valence-corrected chi connectivity index (χ2v) is 7.10. The Balaban J connectivity index is 2.14. The molecule has 1 aliphatic heterocycles. The van der Waals surface area contributed by atoms with Crippen LogP contribution >= 0.6 is 0 Å². The van der Waals surface area contributed by atoms with Crippen molar-refractivity contribution in [2.75, 3.05) is 6.54 Å². The summed E-state index contributed by atoms with van der Waals surface area (Å²) in [5.74, 6) is -1.33. The van der Waals surface area contributed by atoms with Crippen molar-refractivity contribution in [2.45, 2.75) is 81.4 Å². The SMILES string of the molecule is CC(=O)O[C@@H]1[C@@H](O)[C@H](O[C@H]2O[C@H](CN)[C@H](OC(C)=O)[C@H](F)[C@H]2N)[C@@H](N)C[C@H]1N. The highest BCUT2D eigenvalue weighted by Crippen LogP contribution is 2.30. The molecular weight excluding hydrogens is 379 g/mol. The molecule has 0 amide bonds. The van der Waals surface area contributed by atoms with Crippen molar-refractivity contribution in [3.63, 3.8) is 0 Å². The van der Waals surface area contributed by atoms with E-state index in [2.05, 4.69) is 0 Å². The van der Waals surface area contributed by atoms with E-state index in [-0.39, 0.29) is 13.0 Å².